The molecule has 5 heteroatoms. The van der Waals surface area contributed by atoms with Crippen molar-refractivity contribution in [3.63, 3.8) is 0 Å². The molecule has 0 aromatic heterocycles. The third kappa shape index (κ3) is 2.21. The molecule has 0 saturated carbocycles. The molecule has 0 spiro atoms. The highest BCUT2D eigenvalue weighted by Crippen LogP contribution is 2.38. The van der Waals surface area contributed by atoms with Gasteiger partial charge >= 0.3 is 0 Å². The van der Waals surface area contributed by atoms with E-state index < -0.39 is 17.7 Å². The summed E-state index contributed by atoms with van der Waals surface area (Å²) in [5.74, 6) is 11.4. The van der Waals surface area contributed by atoms with Gasteiger partial charge in [-0.1, -0.05) is 17.8 Å². The van der Waals surface area contributed by atoms with Gasteiger partial charge in [-0.05, 0) is 0 Å². The zero-order chi connectivity index (χ0) is 13.9. The molecule has 5 nitrogen and oxygen atoms in total. The lowest BCUT2D eigenvalue weighted by Crippen LogP contribution is -2.78. The van der Waals surface area contributed by atoms with Gasteiger partial charge in [0.25, 0.3) is 5.91 Å². The molecular formula is C14H18N2O3. The number of fused-ring (bicyclic) bond motifs is 1. The van der Waals surface area contributed by atoms with Crippen LogP contribution in [0, 0.1) is 23.7 Å². The number of methoxy groups -OCH3 is 1. The number of likely N-dealkylation sites (tertiary alicyclic amines) is 1. The van der Waals surface area contributed by atoms with Crippen molar-refractivity contribution in [3.8, 4) is 23.7 Å². The van der Waals surface area contributed by atoms with E-state index in [0.717, 1.165) is 0 Å². The maximum absolute atomic E-state index is 12.3. The third-order valence-electron chi connectivity index (χ3n) is 3.57. The Kier molecular flexibility index (Phi) is 4.11. The Morgan fingerprint density at radius 3 is 2.89 bits per heavy atom. The molecule has 2 aliphatic rings. The summed E-state index contributed by atoms with van der Waals surface area (Å²) in [6.45, 7) is 0.731. The summed E-state index contributed by atoms with van der Waals surface area (Å²) >= 11 is 0. The van der Waals surface area contributed by atoms with Gasteiger partial charge in [-0.25, -0.2) is 0 Å². The van der Waals surface area contributed by atoms with E-state index >= 15 is 0 Å². The van der Waals surface area contributed by atoms with Gasteiger partial charge in [0, 0.05) is 39.5 Å². The molecule has 1 heterocycles. The first-order valence-corrected chi connectivity index (χ1v) is 6.36. The molecule has 0 unspecified atom stereocenters. The fourth-order valence-corrected chi connectivity index (χ4v) is 2.61. The van der Waals surface area contributed by atoms with E-state index in [-0.39, 0.29) is 12.3 Å². The van der Waals surface area contributed by atoms with Crippen LogP contribution in [0.5, 0.6) is 0 Å². The fraction of sp³-hybridized carbons (Fsp3) is 0.643. The van der Waals surface area contributed by atoms with Gasteiger partial charge in [-0.15, -0.1) is 5.92 Å². The number of hydrogen-bond donors (Lipinski definition) is 2. The Bertz CT molecular complexity index is 482. The smallest absolute Gasteiger partial charge is 0.258 e. The van der Waals surface area contributed by atoms with Crippen molar-refractivity contribution in [1.29, 1.82) is 0 Å². The molecule has 1 fully saturated rings. The number of ether oxygens (including phenoxy) is 1. The van der Waals surface area contributed by atoms with Crippen molar-refractivity contribution in [1.82, 2.24) is 4.90 Å². The molecule has 1 saturated heterocycles. The van der Waals surface area contributed by atoms with Crippen LogP contribution in [0.4, 0.5) is 0 Å². The van der Waals surface area contributed by atoms with E-state index in [4.69, 9.17) is 10.5 Å². The SMILES string of the molecule is CO[C@]12CC#CCCC#C[C@@H](O)[C@@H]1N(CCN)C2=O. The Hall–Kier alpha value is -1.53. The number of aliphatic hydroxyl groups is 1. The Balaban J connectivity index is 2.33. The minimum Gasteiger partial charge on any atom is -0.378 e. The third-order valence-corrected chi connectivity index (χ3v) is 3.57. The van der Waals surface area contributed by atoms with Crippen LogP contribution in [-0.2, 0) is 9.53 Å². The number of nitrogens with zero attached hydrogens (tertiary/aromatic N) is 1. The fourth-order valence-electron chi connectivity index (χ4n) is 2.61. The molecule has 1 aliphatic carbocycles. The maximum Gasteiger partial charge on any atom is 0.258 e. The monoisotopic (exact) mass is 262 g/mol. The number of carbonyl (C=O) groups excluding carboxylic acids is 1. The van der Waals surface area contributed by atoms with Crippen molar-refractivity contribution in [3.05, 3.63) is 0 Å². The maximum atomic E-state index is 12.3. The molecule has 3 N–H and O–H groups in total. The van der Waals surface area contributed by atoms with Crippen molar-refractivity contribution in [2.75, 3.05) is 20.2 Å². The molecule has 102 valence electrons. The predicted molar refractivity (Wildman–Crippen MR) is 69.7 cm³/mol. The van der Waals surface area contributed by atoms with Crippen LogP contribution in [0.15, 0.2) is 0 Å². The topological polar surface area (TPSA) is 75.8 Å². The number of hydrogen-bond acceptors (Lipinski definition) is 4. The lowest BCUT2D eigenvalue weighted by molar-refractivity contribution is -0.206. The molecule has 0 aromatic rings. The average molecular weight is 262 g/mol. The van der Waals surface area contributed by atoms with Crippen LogP contribution in [0.1, 0.15) is 19.3 Å². The van der Waals surface area contributed by atoms with Crippen LogP contribution in [0.3, 0.4) is 0 Å². The summed E-state index contributed by atoms with van der Waals surface area (Å²) in [5, 5.41) is 10.2. The largest absolute Gasteiger partial charge is 0.378 e. The van der Waals surface area contributed by atoms with E-state index in [9.17, 15) is 9.90 Å². The molecule has 19 heavy (non-hydrogen) atoms. The second kappa shape index (κ2) is 5.63. The first kappa shape index (κ1) is 13.9. The van der Waals surface area contributed by atoms with Gasteiger partial charge in [0.1, 0.15) is 12.1 Å². The van der Waals surface area contributed by atoms with Gasteiger partial charge in [0.15, 0.2) is 5.60 Å². The Morgan fingerprint density at radius 1 is 1.47 bits per heavy atom. The Labute approximate surface area is 113 Å². The van der Waals surface area contributed by atoms with Crippen LogP contribution in [0.25, 0.3) is 0 Å². The van der Waals surface area contributed by atoms with E-state index in [1.807, 2.05) is 0 Å². The minimum atomic E-state index is -1.08. The molecule has 0 bridgehead atoms. The lowest BCUT2D eigenvalue weighted by atomic mass is 9.76. The molecule has 1 amide bonds. The van der Waals surface area contributed by atoms with Gasteiger partial charge in [-0.2, -0.15) is 0 Å². The van der Waals surface area contributed by atoms with Crippen molar-refractivity contribution in [2.45, 2.75) is 37.0 Å². The summed E-state index contributed by atoms with van der Waals surface area (Å²) in [4.78, 5) is 13.8. The number of rotatable bonds is 3. The van der Waals surface area contributed by atoms with Crippen LogP contribution in [-0.4, -0.2) is 53.9 Å². The van der Waals surface area contributed by atoms with Crippen LogP contribution >= 0.6 is 0 Å². The quantitative estimate of drug-likeness (QED) is 0.510. The van der Waals surface area contributed by atoms with Crippen LogP contribution in [0.2, 0.25) is 0 Å². The number of carbonyl (C=O) groups is 1. The van der Waals surface area contributed by atoms with Gasteiger partial charge in [0.2, 0.25) is 0 Å². The zero-order valence-electron chi connectivity index (χ0n) is 11.0. The predicted octanol–water partition coefficient (Wildman–Crippen LogP) is -0.907. The Morgan fingerprint density at radius 2 is 2.21 bits per heavy atom. The summed E-state index contributed by atoms with van der Waals surface area (Å²) < 4.78 is 5.41. The van der Waals surface area contributed by atoms with Crippen LogP contribution < -0.4 is 5.73 Å². The first-order chi connectivity index (χ1) is 9.17. The van der Waals surface area contributed by atoms with E-state index in [1.54, 1.807) is 0 Å². The zero-order valence-corrected chi connectivity index (χ0v) is 11.0. The highest BCUT2D eigenvalue weighted by atomic mass is 16.5. The van der Waals surface area contributed by atoms with E-state index in [2.05, 4.69) is 23.7 Å². The van der Waals surface area contributed by atoms with Crippen molar-refractivity contribution < 1.29 is 14.6 Å². The highest BCUT2D eigenvalue weighted by molar-refractivity contribution is 5.94. The molecular weight excluding hydrogens is 244 g/mol. The first-order valence-electron chi connectivity index (χ1n) is 6.36. The van der Waals surface area contributed by atoms with E-state index in [1.165, 1.54) is 12.0 Å². The number of nitrogens with two attached hydrogens (primary N) is 1. The normalized spacial score (nSPS) is 33.2. The van der Waals surface area contributed by atoms with Crippen molar-refractivity contribution >= 4 is 5.91 Å². The summed E-state index contributed by atoms with van der Waals surface area (Å²) in [7, 11) is 1.47. The minimum absolute atomic E-state index is 0.166. The second-order valence-electron chi connectivity index (χ2n) is 4.62. The van der Waals surface area contributed by atoms with E-state index in [0.29, 0.717) is 25.9 Å². The highest BCUT2D eigenvalue weighted by Gasteiger charge is 2.63. The van der Waals surface area contributed by atoms with Gasteiger partial charge in [-0.3, -0.25) is 4.79 Å². The standard InChI is InChI=1S/C14H18N2O3/c1-19-14-8-6-4-2-3-5-7-11(17)12(14)16(10-9-15)13(14)18/h11-12,17H,2-3,8-10,15H2,1H3/t11-,12+,14-/m1/s1. The van der Waals surface area contributed by atoms with Gasteiger partial charge < -0.3 is 20.5 Å². The second-order valence-corrected chi connectivity index (χ2v) is 4.62. The average Bonchev–Trinajstić information content (AvgIpc) is 2.42. The summed E-state index contributed by atoms with van der Waals surface area (Å²) in [6.07, 6.45) is 0.628. The molecule has 1 aliphatic heterocycles. The number of β-lactam (4-membered cyclic amide) rings is 1. The molecule has 0 radical (unpaired) electrons. The molecule has 0 aromatic carbocycles. The lowest BCUT2D eigenvalue weighted by Gasteiger charge is -2.55. The number of aliphatic hydroxyl groups excluding tert-OH is 1. The van der Waals surface area contributed by atoms with Gasteiger partial charge in [0.05, 0.1) is 0 Å². The molecule has 2 rings (SSSR count). The number of amides is 1. The molecule has 3 atom stereocenters. The summed E-state index contributed by atoms with van der Waals surface area (Å²) in [6, 6.07) is -0.492. The van der Waals surface area contributed by atoms with Crippen molar-refractivity contribution in [2.24, 2.45) is 5.73 Å². The summed E-state index contributed by atoms with van der Waals surface area (Å²) in [5.41, 5.74) is 4.42.